The fraction of sp³-hybridized carbons (Fsp3) is 0.143. The predicted octanol–water partition coefficient (Wildman–Crippen LogP) is 4.53. The molecule has 1 N–H and O–H groups in total. The van der Waals surface area contributed by atoms with Crippen molar-refractivity contribution in [3.8, 4) is 28.0 Å². The topological polar surface area (TPSA) is 53.4 Å². The fourth-order valence-electron chi connectivity index (χ4n) is 3.40. The molecule has 136 valence electrons. The summed E-state index contributed by atoms with van der Waals surface area (Å²) in [7, 11) is 0. The number of aromatic nitrogens is 1. The van der Waals surface area contributed by atoms with Crippen LogP contribution in [-0.4, -0.2) is 22.5 Å². The molecular formula is C21H16F2N2O2. The van der Waals surface area contributed by atoms with Crippen molar-refractivity contribution in [1.82, 2.24) is 4.98 Å². The molecule has 27 heavy (non-hydrogen) atoms. The number of para-hydroxylation sites is 1. The molecule has 4 nitrogen and oxygen atoms in total. The zero-order chi connectivity index (χ0) is 19.0. The lowest BCUT2D eigenvalue weighted by Gasteiger charge is -2.18. The Bertz CT molecular complexity index is 999. The number of phenolic OH excluding ortho intramolecular Hbond substituents is 1. The van der Waals surface area contributed by atoms with Gasteiger partial charge >= 0.3 is 0 Å². The number of halogens is 2. The van der Waals surface area contributed by atoms with Gasteiger partial charge in [-0.05, 0) is 41.8 Å². The largest absolute Gasteiger partial charge is 0.507 e. The minimum atomic E-state index is -0.825. The Morgan fingerprint density at radius 2 is 1.59 bits per heavy atom. The molecule has 1 fully saturated rings. The number of amides is 1. The molecular weight excluding hydrogens is 350 g/mol. The number of hydrogen-bond donors (Lipinski definition) is 1. The number of benzene rings is 2. The Kier molecular flexibility index (Phi) is 4.32. The van der Waals surface area contributed by atoms with Crippen molar-refractivity contribution in [2.24, 2.45) is 0 Å². The second-order valence-electron chi connectivity index (χ2n) is 6.38. The van der Waals surface area contributed by atoms with Crippen LogP contribution in [0.15, 0.2) is 54.9 Å². The van der Waals surface area contributed by atoms with E-state index in [0.717, 1.165) is 22.6 Å². The average molecular weight is 366 g/mol. The maximum atomic E-state index is 14.7. The second-order valence-corrected chi connectivity index (χ2v) is 6.38. The van der Waals surface area contributed by atoms with Crippen LogP contribution in [0.4, 0.5) is 14.5 Å². The first-order valence-corrected chi connectivity index (χ1v) is 8.58. The third kappa shape index (κ3) is 3.03. The molecule has 0 unspecified atom stereocenters. The van der Waals surface area contributed by atoms with Gasteiger partial charge in [0, 0.05) is 36.5 Å². The van der Waals surface area contributed by atoms with Gasteiger partial charge < -0.3 is 10.0 Å². The van der Waals surface area contributed by atoms with Crippen molar-refractivity contribution in [3.63, 3.8) is 0 Å². The molecule has 1 saturated heterocycles. The highest BCUT2D eigenvalue weighted by molar-refractivity contribution is 5.96. The third-order valence-corrected chi connectivity index (χ3v) is 4.70. The minimum absolute atomic E-state index is 0.0764. The van der Waals surface area contributed by atoms with Gasteiger partial charge in [0.05, 0.1) is 0 Å². The summed E-state index contributed by atoms with van der Waals surface area (Å²) in [5.41, 5.74) is 1.46. The Labute approximate surface area is 154 Å². The van der Waals surface area contributed by atoms with Crippen molar-refractivity contribution >= 4 is 11.6 Å². The summed E-state index contributed by atoms with van der Waals surface area (Å²) < 4.78 is 29.3. The lowest BCUT2D eigenvalue weighted by molar-refractivity contribution is -0.117. The first-order chi connectivity index (χ1) is 13.1. The van der Waals surface area contributed by atoms with E-state index in [2.05, 4.69) is 4.98 Å². The molecule has 1 amide bonds. The Morgan fingerprint density at radius 3 is 2.19 bits per heavy atom. The van der Waals surface area contributed by atoms with E-state index in [4.69, 9.17) is 0 Å². The smallest absolute Gasteiger partial charge is 0.227 e. The zero-order valence-corrected chi connectivity index (χ0v) is 14.3. The molecule has 6 heteroatoms. The van der Waals surface area contributed by atoms with Gasteiger partial charge in [-0.2, -0.15) is 0 Å². The maximum absolute atomic E-state index is 14.7. The molecule has 0 aliphatic carbocycles. The highest BCUT2D eigenvalue weighted by Crippen LogP contribution is 2.40. The quantitative estimate of drug-likeness (QED) is 0.741. The molecule has 2 aromatic carbocycles. The number of rotatable bonds is 3. The van der Waals surface area contributed by atoms with Gasteiger partial charge in [-0.1, -0.05) is 18.2 Å². The van der Waals surface area contributed by atoms with E-state index in [0.29, 0.717) is 24.1 Å². The van der Waals surface area contributed by atoms with Gasteiger partial charge in [0.1, 0.15) is 11.4 Å². The van der Waals surface area contributed by atoms with Gasteiger partial charge in [0.15, 0.2) is 11.6 Å². The summed E-state index contributed by atoms with van der Waals surface area (Å²) in [6.45, 7) is 0.300. The maximum Gasteiger partial charge on any atom is 0.227 e. The molecule has 1 aliphatic rings. The van der Waals surface area contributed by atoms with Gasteiger partial charge in [0.2, 0.25) is 5.91 Å². The number of nitrogens with zero attached hydrogens (tertiary/aromatic N) is 2. The zero-order valence-electron chi connectivity index (χ0n) is 14.3. The molecule has 1 aromatic heterocycles. The summed E-state index contributed by atoms with van der Waals surface area (Å²) in [5.74, 6) is -2.02. The Morgan fingerprint density at radius 1 is 0.963 bits per heavy atom. The molecule has 0 bridgehead atoms. The van der Waals surface area contributed by atoms with Crippen molar-refractivity contribution < 1.29 is 18.7 Å². The number of phenols is 1. The number of anilines is 1. The fourth-order valence-corrected chi connectivity index (χ4v) is 3.40. The van der Waals surface area contributed by atoms with Crippen LogP contribution in [0, 0.1) is 11.6 Å². The Hall–Kier alpha value is -3.28. The van der Waals surface area contributed by atoms with Gasteiger partial charge in [-0.25, -0.2) is 8.78 Å². The van der Waals surface area contributed by atoms with Crippen molar-refractivity contribution in [2.75, 3.05) is 11.4 Å². The Balaban J connectivity index is 1.80. The van der Waals surface area contributed by atoms with Gasteiger partial charge in [0.25, 0.3) is 0 Å². The highest BCUT2D eigenvalue weighted by atomic mass is 19.1. The van der Waals surface area contributed by atoms with Crippen LogP contribution in [0.3, 0.4) is 0 Å². The summed E-state index contributed by atoms with van der Waals surface area (Å²) in [4.78, 5) is 16.9. The van der Waals surface area contributed by atoms with E-state index in [1.807, 2.05) is 0 Å². The number of pyridine rings is 1. The minimum Gasteiger partial charge on any atom is -0.507 e. The van der Waals surface area contributed by atoms with Crippen LogP contribution in [-0.2, 0) is 4.79 Å². The molecule has 0 atom stereocenters. The molecule has 2 heterocycles. The van der Waals surface area contributed by atoms with Gasteiger partial charge in [-0.3, -0.25) is 9.78 Å². The lowest BCUT2D eigenvalue weighted by Crippen LogP contribution is -2.26. The van der Waals surface area contributed by atoms with E-state index in [-0.39, 0.29) is 29.3 Å². The summed E-state index contributed by atoms with van der Waals surface area (Å²) in [6.07, 6.45) is 4.06. The van der Waals surface area contributed by atoms with E-state index >= 15 is 0 Å². The molecule has 0 saturated carbocycles. The normalized spacial score (nSPS) is 14.0. The first-order valence-electron chi connectivity index (χ1n) is 8.58. The average Bonchev–Trinajstić information content (AvgIpc) is 3.08. The van der Waals surface area contributed by atoms with Gasteiger partial charge in [-0.15, -0.1) is 0 Å². The van der Waals surface area contributed by atoms with Crippen LogP contribution >= 0.6 is 0 Å². The highest BCUT2D eigenvalue weighted by Gasteiger charge is 2.28. The molecule has 1 aliphatic heterocycles. The van der Waals surface area contributed by atoms with Crippen molar-refractivity contribution in [3.05, 3.63) is 66.5 Å². The van der Waals surface area contributed by atoms with E-state index in [1.165, 1.54) is 0 Å². The number of carbonyl (C=O) groups is 1. The van der Waals surface area contributed by atoms with E-state index in [9.17, 15) is 18.7 Å². The predicted molar refractivity (Wildman–Crippen MR) is 98.3 cm³/mol. The monoisotopic (exact) mass is 366 g/mol. The SMILES string of the molecule is O=C1CCCN1c1c(F)cc(-c2cccc(-c3ccncc3)c2O)cc1F. The van der Waals surface area contributed by atoms with Crippen molar-refractivity contribution in [1.29, 1.82) is 0 Å². The van der Waals surface area contributed by atoms with E-state index < -0.39 is 11.6 Å². The van der Waals surface area contributed by atoms with Crippen LogP contribution in [0.5, 0.6) is 5.75 Å². The number of carbonyl (C=O) groups excluding carboxylic acids is 1. The summed E-state index contributed by atoms with van der Waals surface area (Å²) >= 11 is 0. The van der Waals surface area contributed by atoms with E-state index in [1.54, 1.807) is 42.7 Å². The number of aromatic hydroxyl groups is 1. The lowest BCUT2D eigenvalue weighted by atomic mass is 9.97. The summed E-state index contributed by atoms with van der Waals surface area (Å²) in [6, 6.07) is 10.8. The van der Waals surface area contributed by atoms with Crippen LogP contribution < -0.4 is 4.90 Å². The van der Waals surface area contributed by atoms with Crippen LogP contribution in [0.25, 0.3) is 22.3 Å². The van der Waals surface area contributed by atoms with Crippen LogP contribution in [0.1, 0.15) is 12.8 Å². The summed E-state index contributed by atoms with van der Waals surface area (Å²) in [5, 5.41) is 10.7. The molecule has 4 rings (SSSR count). The molecule has 3 aromatic rings. The second kappa shape index (κ2) is 6.79. The standard InChI is InChI=1S/C21H16F2N2O2/c22-17-11-14(12-18(23)20(17)25-10-2-5-19(25)26)16-4-1-3-15(21(16)27)13-6-8-24-9-7-13/h1,3-4,6-9,11-12,27H,2,5,10H2. The molecule has 0 radical (unpaired) electrons. The molecule has 0 spiro atoms. The third-order valence-electron chi connectivity index (χ3n) is 4.70. The van der Waals surface area contributed by atoms with Crippen molar-refractivity contribution in [2.45, 2.75) is 12.8 Å². The first kappa shape index (κ1) is 17.1. The van der Waals surface area contributed by atoms with Crippen LogP contribution in [0.2, 0.25) is 0 Å². The number of hydrogen-bond acceptors (Lipinski definition) is 3.